The van der Waals surface area contributed by atoms with Crippen LogP contribution < -0.4 is 4.74 Å². The molecule has 0 aromatic heterocycles. The number of aromatic hydroxyl groups is 2. The maximum absolute atomic E-state index is 13.4. The van der Waals surface area contributed by atoms with Crippen LogP contribution in [0.3, 0.4) is 0 Å². The van der Waals surface area contributed by atoms with Gasteiger partial charge in [-0.25, -0.2) is 4.79 Å². The molecule has 2 N–H and O–H groups in total. The number of phenolic OH excluding ortho intramolecular Hbond substituents is 2. The van der Waals surface area contributed by atoms with Crippen LogP contribution in [-0.4, -0.2) is 16.2 Å². The first-order valence-corrected chi connectivity index (χ1v) is 16.1. The lowest BCUT2D eigenvalue weighted by Gasteiger charge is -2.38. The fourth-order valence-electron chi connectivity index (χ4n) is 3.93. The molecule has 5 nitrogen and oxygen atoms in total. The van der Waals surface area contributed by atoms with Crippen LogP contribution in [0.2, 0.25) is 0 Å². The second-order valence-electron chi connectivity index (χ2n) is 6.85. The van der Waals surface area contributed by atoms with Crippen molar-refractivity contribution >= 4 is 164 Å². The fraction of sp³-hybridized carbons (Fsp3) is 0.0500. The van der Waals surface area contributed by atoms with E-state index >= 15 is 0 Å². The number of hydrogen-bond acceptors (Lipinski definition) is 5. The number of benzene rings is 3. The molecule has 3 aromatic carbocycles. The van der Waals surface area contributed by atoms with E-state index in [2.05, 4.69) is 136 Å². The van der Waals surface area contributed by atoms with Gasteiger partial charge in [0.1, 0.15) is 17.2 Å². The Morgan fingerprint density at radius 2 is 1.38 bits per heavy atom. The first-order chi connectivity index (χ1) is 15.0. The number of esters is 1. The molecular formula is C20H5I7O5. The zero-order chi connectivity index (χ0) is 23.3. The molecular weight excluding hydrogens is 1210 g/mol. The summed E-state index contributed by atoms with van der Waals surface area (Å²) in [5, 5.41) is 20.9. The summed E-state index contributed by atoms with van der Waals surface area (Å²) in [7, 11) is 0. The lowest BCUT2D eigenvalue weighted by atomic mass is 9.77. The van der Waals surface area contributed by atoms with Gasteiger partial charge in [-0.1, -0.05) is 0 Å². The largest absolute Gasteiger partial charge is 0.508 e. The molecule has 0 saturated heterocycles. The van der Waals surface area contributed by atoms with Crippen molar-refractivity contribution < 1.29 is 24.5 Å². The Kier molecular flexibility index (Phi) is 7.02. The van der Waals surface area contributed by atoms with Crippen molar-refractivity contribution in [2.45, 2.75) is 5.60 Å². The summed E-state index contributed by atoms with van der Waals surface area (Å²) in [5.41, 5.74) is 1.36. The van der Waals surface area contributed by atoms with Gasteiger partial charge in [0.25, 0.3) is 0 Å². The van der Waals surface area contributed by atoms with Crippen LogP contribution in [0.15, 0.2) is 18.2 Å². The molecule has 2 aliphatic heterocycles. The van der Waals surface area contributed by atoms with Crippen molar-refractivity contribution in [3.63, 3.8) is 0 Å². The molecule has 3 aromatic rings. The average Bonchev–Trinajstić information content (AvgIpc) is 3.05. The van der Waals surface area contributed by atoms with Crippen LogP contribution in [0.4, 0.5) is 0 Å². The van der Waals surface area contributed by atoms with Crippen molar-refractivity contribution in [2.75, 3.05) is 0 Å². The maximum atomic E-state index is 13.4. The summed E-state index contributed by atoms with van der Waals surface area (Å²) in [4.78, 5) is 13.4. The number of ether oxygens (including phenoxy) is 2. The molecule has 32 heavy (non-hydrogen) atoms. The Balaban J connectivity index is 2.05. The van der Waals surface area contributed by atoms with Crippen LogP contribution in [0.25, 0.3) is 0 Å². The average molecular weight is 1210 g/mol. The summed E-state index contributed by atoms with van der Waals surface area (Å²) in [5.74, 6) is 0.544. The molecule has 0 amide bonds. The first kappa shape index (κ1) is 25.3. The highest BCUT2D eigenvalue weighted by Gasteiger charge is 2.58. The molecule has 0 bridgehead atoms. The lowest BCUT2D eigenvalue weighted by Crippen LogP contribution is -2.35. The van der Waals surface area contributed by atoms with Gasteiger partial charge in [-0.3, -0.25) is 0 Å². The van der Waals surface area contributed by atoms with Crippen molar-refractivity contribution in [3.8, 4) is 23.0 Å². The van der Waals surface area contributed by atoms with Crippen LogP contribution in [0, 0.1) is 25.0 Å². The normalized spacial score (nSPS) is 18.2. The predicted octanol–water partition coefficient (Wildman–Crippen LogP) is 7.90. The molecule has 0 fully saturated rings. The van der Waals surface area contributed by atoms with E-state index in [1.54, 1.807) is 12.1 Å². The predicted molar refractivity (Wildman–Crippen MR) is 177 cm³/mol. The summed E-state index contributed by atoms with van der Waals surface area (Å²) in [6, 6.07) is 4.82. The summed E-state index contributed by atoms with van der Waals surface area (Å²) in [6.45, 7) is 0. The highest BCUT2D eigenvalue weighted by Crippen LogP contribution is 2.61. The smallest absolute Gasteiger partial charge is 0.341 e. The van der Waals surface area contributed by atoms with Gasteiger partial charge < -0.3 is 19.7 Å². The van der Waals surface area contributed by atoms with Crippen LogP contribution in [0.5, 0.6) is 23.0 Å². The minimum Gasteiger partial charge on any atom is -0.508 e. The van der Waals surface area contributed by atoms with Gasteiger partial charge in [-0.2, -0.15) is 0 Å². The van der Waals surface area contributed by atoms with E-state index in [0.29, 0.717) is 35.3 Å². The zero-order valence-corrected chi connectivity index (χ0v) is 30.1. The van der Waals surface area contributed by atoms with E-state index in [-0.39, 0.29) is 11.5 Å². The SMILES string of the molecule is O=C1OC2(c3ccc(O)cc3Oc3c(I)c(O)c(I)c(I)c32)c2c(I)c(I)c(I)c(I)c21. The van der Waals surface area contributed by atoms with Crippen molar-refractivity contribution in [3.05, 3.63) is 65.4 Å². The molecule has 1 atom stereocenters. The summed E-state index contributed by atoms with van der Waals surface area (Å²) in [6.07, 6.45) is 0. The van der Waals surface area contributed by atoms with Gasteiger partial charge in [0.15, 0.2) is 11.4 Å². The monoisotopic (exact) mass is 1210 g/mol. The number of rotatable bonds is 0. The van der Waals surface area contributed by atoms with Gasteiger partial charge in [0.05, 0.1) is 18.3 Å². The molecule has 0 saturated carbocycles. The number of carbonyl (C=O) groups excluding carboxylic acids is 1. The third-order valence-electron chi connectivity index (χ3n) is 5.23. The Labute approximate surface area is 277 Å². The molecule has 2 aliphatic rings. The quantitative estimate of drug-likeness (QED) is 0.104. The Hall–Kier alpha value is 1.64. The first-order valence-electron chi connectivity index (χ1n) is 8.53. The van der Waals surface area contributed by atoms with E-state index in [1.807, 2.05) is 22.6 Å². The summed E-state index contributed by atoms with van der Waals surface area (Å²) >= 11 is 15.4. The zero-order valence-electron chi connectivity index (χ0n) is 15.0. The van der Waals surface area contributed by atoms with Gasteiger partial charge in [0, 0.05) is 35.0 Å². The molecule has 164 valence electrons. The van der Waals surface area contributed by atoms with Crippen molar-refractivity contribution in [1.82, 2.24) is 0 Å². The van der Waals surface area contributed by atoms with Gasteiger partial charge >= 0.3 is 5.97 Å². The Morgan fingerprint density at radius 1 is 0.750 bits per heavy atom. The van der Waals surface area contributed by atoms with E-state index in [4.69, 9.17) is 9.47 Å². The number of fused-ring (bicyclic) bond motifs is 6. The molecule has 1 spiro atoms. The number of phenols is 2. The molecule has 12 heteroatoms. The highest BCUT2D eigenvalue weighted by molar-refractivity contribution is 14.1. The number of carbonyl (C=O) groups is 1. The van der Waals surface area contributed by atoms with E-state index in [9.17, 15) is 15.0 Å². The molecule has 0 aliphatic carbocycles. The lowest BCUT2D eigenvalue weighted by molar-refractivity contribution is 0.0218. The summed E-state index contributed by atoms with van der Waals surface area (Å²) < 4.78 is 18.3. The number of halogens is 7. The third kappa shape index (κ3) is 3.39. The van der Waals surface area contributed by atoms with Crippen LogP contribution in [-0.2, 0) is 10.3 Å². The maximum Gasteiger partial charge on any atom is 0.341 e. The molecule has 1 unspecified atom stereocenters. The van der Waals surface area contributed by atoms with Crippen LogP contribution in [0.1, 0.15) is 27.0 Å². The van der Waals surface area contributed by atoms with Gasteiger partial charge in [-0.15, -0.1) is 0 Å². The third-order valence-corrected chi connectivity index (χ3v) is 16.8. The highest BCUT2D eigenvalue weighted by atomic mass is 127. The minimum absolute atomic E-state index is 0.0350. The van der Waals surface area contributed by atoms with Gasteiger partial charge in [-0.05, 0) is 170 Å². The second kappa shape index (κ2) is 8.89. The molecule has 5 rings (SSSR count). The Bertz CT molecular complexity index is 1400. The standard InChI is InChI=1S/C20H5I7O5/c21-10-7-8(11(22)14(25)13(10)24)20(32-19(7)30)5-2-1-4(28)3-6(5)31-18-9(20)12(23)15(26)17(29)16(18)27/h1-3,28-29H. The fourth-order valence-corrected chi connectivity index (χ4v) is 10.3. The van der Waals surface area contributed by atoms with Gasteiger partial charge in [0.2, 0.25) is 0 Å². The molecule has 0 radical (unpaired) electrons. The molecule has 2 heterocycles. The second-order valence-corrected chi connectivity index (χ2v) is 14.4. The van der Waals surface area contributed by atoms with E-state index in [0.717, 1.165) is 23.4 Å². The van der Waals surface area contributed by atoms with E-state index < -0.39 is 11.6 Å². The van der Waals surface area contributed by atoms with E-state index in [1.165, 1.54) is 6.07 Å². The number of hydrogen-bond donors (Lipinski definition) is 2. The minimum atomic E-state index is -1.27. The topological polar surface area (TPSA) is 76.0 Å². The van der Waals surface area contributed by atoms with Crippen LogP contribution >= 0.6 is 158 Å². The van der Waals surface area contributed by atoms with Crippen molar-refractivity contribution in [1.29, 1.82) is 0 Å². The Morgan fingerprint density at radius 3 is 2.06 bits per heavy atom. The van der Waals surface area contributed by atoms with Crippen molar-refractivity contribution in [2.24, 2.45) is 0 Å².